The zero-order valence-corrected chi connectivity index (χ0v) is 18.8. The van der Waals surface area contributed by atoms with E-state index in [9.17, 15) is 10.1 Å². The predicted molar refractivity (Wildman–Crippen MR) is 135 cm³/mol. The molecule has 0 spiro atoms. The van der Waals surface area contributed by atoms with Crippen LogP contribution in [0, 0.1) is 11.3 Å². The van der Waals surface area contributed by atoms with Crippen molar-refractivity contribution in [2.45, 2.75) is 6.61 Å². The first kappa shape index (κ1) is 20.2. The number of rotatable bonds is 4. The number of aromatic nitrogens is 2. The van der Waals surface area contributed by atoms with Crippen LogP contribution in [0.25, 0.3) is 32.8 Å². The van der Waals surface area contributed by atoms with E-state index in [1.165, 1.54) is 11.3 Å². The molecule has 0 aliphatic rings. The Morgan fingerprint density at radius 1 is 0.971 bits per heavy atom. The van der Waals surface area contributed by atoms with E-state index in [4.69, 9.17) is 4.74 Å². The summed E-state index contributed by atoms with van der Waals surface area (Å²) in [4.78, 5) is 18.6. The topological polar surface area (TPSA) is 67.4 Å². The minimum absolute atomic E-state index is 0.0950. The monoisotopic (exact) mass is 459 g/mol. The molecule has 0 saturated heterocycles. The molecule has 0 atom stereocenters. The van der Waals surface area contributed by atoms with Crippen molar-refractivity contribution in [2.75, 3.05) is 0 Å². The number of nitrogens with zero attached hydrogens (tertiary/aromatic N) is 3. The fourth-order valence-corrected chi connectivity index (χ4v) is 5.17. The van der Waals surface area contributed by atoms with Gasteiger partial charge in [0.2, 0.25) is 0 Å². The summed E-state index contributed by atoms with van der Waals surface area (Å²) >= 11 is 1.37. The SMILES string of the molecule is N#Cc1ccccc1COc1ccc2ccccc2c1/C=c1\sc2nc3ccccc3n2c1=O. The molecule has 0 radical (unpaired) electrons. The summed E-state index contributed by atoms with van der Waals surface area (Å²) in [6.07, 6.45) is 1.89. The quantitative estimate of drug-likeness (QED) is 0.370. The van der Waals surface area contributed by atoms with Gasteiger partial charge in [-0.2, -0.15) is 5.26 Å². The fraction of sp³-hybridized carbons (Fsp3) is 0.0357. The van der Waals surface area contributed by atoms with Crippen LogP contribution in [0.3, 0.4) is 0 Å². The number of imidazole rings is 1. The molecule has 34 heavy (non-hydrogen) atoms. The molecule has 0 aliphatic carbocycles. The molecule has 2 heterocycles. The summed E-state index contributed by atoms with van der Waals surface area (Å²) in [5.74, 6) is 0.654. The maximum Gasteiger partial charge on any atom is 0.274 e. The summed E-state index contributed by atoms with van der Waals surface area (Å²) in [5, 5.41) is 11.5. The van der Waals surface area contributed by atoms with Crippen molar-refractivity contribution in [3.05, 3.63) is 117 Å². The lowest BCUT2D eigenvalue weighted by atomic mass is 10.0. The van der Waals surface area contributed by atoms with Crippen LogP contribution in [-0.4, -0.2) is 9.38 Å². The highest BCUT2D eigenvalue weighted by molar-refractivity contribution is 7.15. The first-order chi connectivity index (χ1) is 16.7. The van der Waals surface area contributed by atoms with Crippen LogP contribution in [0.5, 0.6) is 5.75 Å². The van der Waals surface area contributed by atoms with E-state index in [1.54, 1.807) is 10.5 Å². The van der Waals surface area contributed by atoms with Gasteiger partial charge in [-0.3, -0.25) is 4.79 Å². The van der Waals surface area contributed by atoms with Gasteiger partial charge in [-0.1, -0.05) is 72.0 Å². The van der Waals surface area contributed by atoms with Gasteiger partial charge in [0, 0.05) is 11.1 Å². The fourth-order valence-electron chi connectivity index (χ4n) is 4.20. The predicted octanol–water partition coefficient (Wildman–Crippen LogP) is 5.06. The van der Waals surface area contributed by atoms with Crippen LogP contribution in [0.2, 0.25) is 0 Å². The van der Waals surface area contributed by atoms with E-state index in [1.807, 2.05) is 84.9 Å². The second-order valence-electron chi connectivity index (χ2n) is 7.89. The van der Waals surface area contributed by atoms with Crippen molar-refractivity contribution in [3.8, 4) is 11.8 Å². The van der Waals surface area contributed by atoms with E-state index >= 15 is 0 Å². The third-order valence-electron chi connectivity index (χ3n) is 5.87. The smallest absolute Gasteiger partial charge is 0.274 e. The number of thiazole rings is 1. The molecule has 0 N–H and O–H groups in total. The van der Waals surface area contributed by atoms with Crippen molar-refractivity contribution >= 4 is 44.2 Å². The average molecular weight is 460 g/mol. The highest BCUT2D eigenvalue weighted by atomic mass is 32.1. The standard InChI is InChI=1S/C28H17N3O2S/c29-16-19-8-1-2-9-20(19)17-33-25-14-13-18-7-3-4-10-21(18)22(25)15-26-27(32)31-24-12-6-5-11-23(24)30-28(31)34-26/h1-15H,17H2/b26-15-. The van der Waals surface area contributed by atoms with Gasteiger partial charge in [0.05, 0.1) is 27.2 Å². The van der Waals surface area contributed by atoms with Gasteiger partial charge in [0.15, 0.2) is 4.96 Å². The lowest BCUT2D eigenvalue weighted by Gasteiger charge is -2.12. The minimum Gasteiger partial charge on any atom is -0.488 e. The number of ether oxygens (including phenoxy) is 1. The van der Waals surface area contributed by atoms with Gasteiger partial charge in [-0.05, 0) is 41.1 Å². The Hall–Kier alpha value is -4.47. The summed E-state index contributed by atoms with van der Waals surface area (Å²) < 4.78 is 8.47. The van der Waals surface area contributed by atoms with Crippen LogP contribution in [0.4, 0.5) is 0 Å². The third-order valence-corrected chi connectivity index (χ3v) is 6.84. The third kappa shape index (κ3) is 3.31. The summed E-state index contributed by atoms with van der Waals surface area (Å²) in [6, 6.07) is 29.2. The first-order valence-corrected chi connectivity index (χ1v) is 11.6. The molecule has 0 unspecified atom stereocenters. The van der Waals surface area contributed by atoms with Crippen LogP contribution in [0.15, 0.2) is 89.7 Å². The number of hydrogen-bond acceptors (Lipinski definition) is 5. The van der Waals surface area contributed by atoms with Crippen molar-refractivity contribution in [1.29, 1.82) is 5.26 Å². The van der Waals surface area contributed by atoms with E-state index in [-0.39, 0.29) is 12.2 Å². The second-order valence-corrected chi connectivity index (χ2v) is 8.90. The summed E-state index contributed by atoms with van der Waals surface area (Å²) in [7, 11) is 0. The van der Waals surface area contributed by atoms with Gasteiger partial charge in [-0.25, -0.2) is 9.38 Å². The Morgan fingerprint density at radius 3 is 2.68 bits per heavy atom. The van der Waals surface area contributed by atoms with Gasteiger partial charge >= 0.3 is 0 Å². The summed E-state index contributed by atoms with van der Waals surface area (Å²) in [5.41, 5.74) is 3.75. The molecule has 0 bridgehead atoms. The maximum atomic E-state index is 13.3. The number of para-hydroxylation sites is 2. The molecule has 0 saturated carbocycles. The molecule has 6 aromatic rings. The molecule has 2 aromatic heterocycles. The Bertz CT molecular complexity index is 1860. The van der Waals surface area contributed by atoms with Crippen LogP contribution >= 0.6 is 11.3 Å². The van der Waals surface area contributed by atoms with E-state index in [2.05, 4.69) is 11.1 Å². The number of fused-ring (bicyclic) bond motifs is 4. The highest BCUT2D eigenvalue weighted by Crippen LogP contribution is 2.30. The van der Waals surface area contributed by atoms with Crippen molar-refractivity contribution in [1.82, 2.24) is 9.38 Å². The first-order valence-electron chi connectivity index (χ1n) is 10.8. The largest absolute Gasteiger partial charge is 0.488 e. The normalized spacial score (nSPS) is 11.9. The molecule has 6 rings (SSSR count). The van der Waals surface area contributed by atoms with Crippen LogP contribution in [-0.2, 0) is 6.61 Å². The Morgan fingerprint density at radius 2 is 1.76 bits per heavy atom. The molecule has 5 nitrogen and oxygen atoms in total. The Labute approximate surface area is 198 Å². The van der Waals surface area contributed by atoms with Crippen LogP contribution < -0.4 is 14.8 Å². The van der Waals surface area contributed by atoms with Crippen molar-refractivity contribution in [3.63, 3.8) is 0 Å². The van der Waals surface area contributed by atoms with Gasteiger partial charge in [-0.15, -0.1) is 0 Å². The zero-order valence-electron chi connectivity index (χ0n) is 17.9. The van der Waals surface area contributed by atoms with E-state index < -0.39 is 0 Å². The lowest BCUT2D eigenvalue weighted by Crippen LogP contribution is -2.22. The van der Waals surface area contributed by atoms with E-state index in [0.717, 1.165) is 32.9 Å². The molecule has 0 amide bonds. The second kappa shape index (κ2) is 8.14. The summed E-state index contributed by atoms with van der Waals surface area (Å²) in [6.45, 7) is 0.256. The van der Waals surface area contributed by atoms with Crippen molar-refractivity contribution < 1.29 is 4.74 Å². The van der Waals surface area contributed by atoms with Crippen molar-refractivity contribution in [2.24, 2.45) is 0 Å². The molecule has 6 heteroatoms. The molecule has 4 aromatic carbocycles. The van der Waals surface area contributed by atoms with Gasteiger partial charge in [0.1, 0.15) is 12.4 Å². The number of hydrogen-bond donors (Lipinski definition) is 0. The molecular formula is C28H17N3O2S. The minimum atomic E-state index is -0.0950. The van der Waals surface area contributed by atoms with Crippen LogP contribution in [0.1, 0.15) is 16.7 Å². The number of nitriles is 1. The molecular weight excluding hydrogens is 442 g/mol. The Kier molecular flexibility index (Phi) is 4.83. The molecule has 0 aliphatic heterocycles. The Balaban J connectivity index is 1.52. The lowest BCUT2D eigenvalue weighted by molar-refractivity contribution is 0.305. The van der Waals surface area contributed by atoms with Gasteiger partial charge < -0.3 is 4.74 Å². The van der Waals surface area contributed by atoms with E-state index in [0.29, 0.717) is 20.8 Å². The average Bonchev–Trinajstić information content (AvgIpc) is 3.39. The number of benzene rings is 4. The highest BCUT2D eigenvalue weighted by Gasteiger charge is 2.13. The van der Waals surface area contributed by atoms with Gasteiger partial charge in [0.25, 0.3) is 5.56 Å². The molecule has 162 valence electrons. The maximum absolute atomic E-state index is 13.3. The molecule has 0 fully saturated rings. The zero-order chi connectivity index (χ0) is 23.1.